The number of carbonyl (C=O) groups is 2. The molecule has 0 unspecified atom stereocenters. The van der Waals surface area contributed by atoms with Crippen LogP contribution >= 0.6 is 34.8 Å². The third kappa shape index (κ3) is 7.48. The largest absolute Gasteiger partial charge is 0.483 e. The van der Waals surface area contributed by atoms with Crippen molar-refractivity contribution in [3.8, 4) is 5.75 Å². The highest BCUT2D eigenvalue weighted by Gasteiger charge is 2.19. The fourth-order valence-electron chi connectivity index (χ4n) is 3.58. The predicted octanol–water partition coefficient (Wildman–Crippen LogP) is 3.66. The Labute approximate surface area is 215 Å². The smallest absolute Gasteiger partial charge is 0.259 e. The third-order valence-corrected chi connectivity index (χ3v) is 6.74. The topological polar surface area (TPSA) is 65.1 Å². The van der Waals surface area contributed by atoms with E-state index in [0.29, 0.717) is 27.2 Å². The summed E-state index contributed by atoms with van der Waals surface area (Å²) in [5, 5.41) is 4.56. The van der Waals surface area contributed by atoms with Crippen molar-refractivity contribution in [1.29, 1.82) is 0 Å². The summed E-state index contributed by atoms with van der Waals surface area (Å²) in [5.41, 5.74) is 1.38. The summed E-state index contributed by atoms with van der Waals surface area (Å²) < 4.78 is 5.56. The van der Waals surface area contributed by atoms with Gasteiger partial charge in [0, 0.05) is 64.9 Å². The Balaban J connectivity index is 1.45. The number of nitrogens with zero attached hydrogens (tertiary/aromatic N) is 3. The molecule has 1 aliphatic rings. The lowest BCUT2D eigenvalue weighted by atomic mass is 10.2. The molecule has 2 aromatic rings. The van der Waals surface area contributed by atoms with E-state index in [1.165, 1.54) is 4.90 Å². The summed E-state index contributed by atoms with van der Waals surface area (Å²) in [6.45, 7) is 5.44. The zero-order valence-corrected chi connectivity index (χ0v) is 21.6. The Hall–Kier alpha value is -2.03. The van der Waals surface area contributed by atoms with Crippen LogP contribution in [0.15, 0.2) is 36.4 Å². The van der Waals surface area contributed by atoms with Gasteiger partial charge >= 0.3 is 0 Å². The van der Waals surface area contributed by atoms with Crippen molar-refractivity contribution in [3.63, 3.8) is 0 Å². The molecular weight excluding hydrogens is 499 g/mol. The monoisotopic (exact) mass is 526 g/mol. The van der Waals surface area contributed by atoms with Crippen molar-refractivity contribution in [3.05, 3.63) is 62.6 Å². The molecule has 1 heterocycles. The SMILES string of the molecule is CN(C)C(=O)COc1cc(Cl)ccc1C(=O)NCCN1CCN(Cc2cccc(Cl)c2Cl)CC1. The molecule has 184 valence electrons. The maximum Gasteiger partial charge on any atom is 0.259 e. The van der Waals surface area contributed by atoms with Crippen LogP contribution in [0.25, 0.3) is 0 Å². The number of likely N-dealkylation sites (N-methyl/N-ethyl adjacent to an activating group) is 1. The Morgan fingerprint density at radius 1 is 1.03 bits per heavy atom. The molecular formula is C24H29Cl3N4O3. The van der Waals surface area contributed by atoms with Crippen LogP contribution in [-0.4, -0.2) is 86.5 Å². The summed E-state index contributed by atoms with van der Waals surface area (Å²) in [6.07, 6.45) is 0. The molecule has 0 saturated carbocycles. The molecule has 0 bridgehead atoms. The first-order chi connectivity index (χ1) is 16.2. The Morgan fingerprint density at radius 2 is 1.74 bits per heavy atom. The van der Waals surface area contributed by atoms with Gasteiger partial charge in [-0.15, -0.1) is 0 Å². The molecule has 1 N–H and O–H groups in total. The van der Waals surface area contributed by atoms with Crippen LogP contribution in [0.3, 0.4) is 0 Å². The van der Waals surface area contributed by atoms with Gasteiger partial charge in [0.25, 0.3) is 11.8 Å². The minimum atomic E-state index is -0.266. The zero-order chi connectivity index (χ0) is 24.7. The number of hydrogen-bond donors (Lipinski definition) is 1. The van der Waals surface area contributed by atoms with Gasteiger partial charge in [-0.25, -0.2) is 0 Å². The van der Waals surface area contributed by atoms with Gasteiger partial charge in [0.2, 0.25) is 0 Å². The van der Waals surface area contributed by atoms with E-state index in [2.05, 4.69) is 15.1 Å². The average molecular weight is 528 g/mol. The highest BCUT2D eigenvalue weighted by Crippen LogP contribution is 2.27. The normalized spacial score (nSPS) is 14.6. The van der Waals surface area contributed by atoms with E-state index in [4.69, 9.17) is 39.5 Å². The van der Waals surface area contributed by atoms with Crippen molar-refractivity contribution in [2.75, 3.05) is 60.0 Å². The molecule has 1 fully saturated rings. The van der Waals surface area contributed by atoms with Gasteiger partial charge in [-0.2, -0.15) is 0 Å². The van der Waals surface area contributed by atoms with E-state index in [1.807, 2.05) is 12.1 Å². The van der Waals surface area contributed by atoms with Crippen molar-refractivity contribution in [2.24, 2.45) is 0 Å². The van der Waals surface area contributed by atoms with E-state index in [-0.39, 0.29) is 24.2 Å². The maximum atomic E-state index is 12.7. The van der Waals surface area contributed by atoms with Gasteiger partial charge < -0.3 is 15.0 Å². The lowest BCUT2D eigenvalue weighted by molar-refractivity contribution is -0.130. The van der Waals surface area contributed by atoms with E-state index in [0.717, 1.165) is 44.8 Å². The third-order valence-electron chi connectivity index (χ3n) is 5.64. The van der Waals surface area contributed by atoms with Crippen LogP contribution in [0.2, 0.25) is 15.1 Å². The number of nitrogens with one attached hydrogen (secondary N) is 1. The number of amides is 2. The standard InChI is InChI=1S/C24H29Cl3N4O3/c1-29(2)22(32)16-34-21-14-18(25)6-7-19(21)24(33)28-8-9-30-10-12-31(13-11-30)15-17-4-3-5-20(26)23(17)27/h3-7,14H,8-13,15-16H2,1-2H3,(H,28,33). The van der Waals surface area contributed by atoms with E-state index in [9.17, 15) is 9.59 Å². The van der Waals surface area contributed by atoms with Gasteiger partial charge in [0.05, 0.1) is 15.6 Å². The number of ether oxygens (including phenoxy) is 1. The molecule has 2 aromatic carbocycles. The zero-order valence-electron chi connectivity index (χ0n) is 19.3. The van der Waals surface area contributed by atoms with Crippen LogP contribution in [-0.2, 0) is 11.3 Å². The molecule has 34 heavy (non-hydrogen) atoms. The molecule has 2 amide bonds. The molecule has 1 aliphatic heterocycles. The van der Waals surface area contributed by atoms with Crippen LogP contribution in [0.5, 0.6) is 5.75 Å². The highest BCUT2D eigenvalue weighted by molar-refractivity contribution is 6.42. The summed E-state index contributed by atoms with van der Waals surface area (Å²) in [6, 6.07) is 10.5. The van der Waals surface area contributed by atoms with Crippen molar-refractivity contribution in [2.45, 2.75) is 6.54 Å². The number of rotatable bonds is 9. The molecule has 0 atom stereocenters. The van der Waals surface area contributed by atoms with Crippen LogP contribution in [0.4, 0.5) is 0 Å². The minimum absolute atomic E-state index is 0.168. The average Bonchev–Trinajstić information content (AvgIpc) is 2.81. The minimum Gasteiger partial charge on any atom is -0.483 e. The number of benzene rings is 2. The Kier molecular flexibility index (Phi) is 9.85. The van der Waals surface area contributed by atoms with Crippen molar-refractivity contribution >= 4 is 46.6 Å². The summed E-state index contributed by atoms with van der Waals surface area (Å²) in [4.78, 5) is 30.6. The van der Waals surface area contributed by atoms with Gasteiger partial charge in [0.15, 0.2) is 6.61 Å². The van der Waals surface area contributed by atoms with E-state index >= 15 is 0 Å². The Bertz CT molecular complexity index is 1010. The van der Waals surface area contributed by atoms with Gasteiger partial charge in [-0.3, -0.25) is 19.4 Å². The van der Waals surface area contributed by atoms with Crippen molar-refractivity contribution in [1.82, 2.24) is 20.0 Å². The molecule has 0 aliphatic carbocycles. The lowest BCUT2D eigenvalue weighted by Gasteiger charge is -2.34. The van der Waals surface area contributed by atoms with Crippen LogP contribution in [0, 0.1) is 0 Å². The van der Waals surface area contributed by atoms with E-state index in [1.54, 1.807) is 38.4 Å². The van der Waals surface area contributed by atoms with Crippen LogP contribution < -0.4 is 10.1 Å². The van der Waals surface area contributed by atoms with Gasteiger partial charge in [0.1, 0.15) is 5.75 Å². The predicted molar refractivity (Wildman–Crippen MR) is 136 cm³/mol. The summed E-state index contributed by atoms with van der Waals surface area (Å²) in [7, 11) is 3.28. The maximum absolute atomic E-state index is 12.7. The summed E-state index contributed by atoms with van der Waals surface area (Å²) >= 11 is 18.5. The first-order valence-electron chi connectivity index (χ1n) is 11.0. The highest BCUT2D eigenvalue weighted by atomic mass is 35.5. The summed E-state index contributed by atoms with van der Waals surface area (Å²) in [5.74, 6) is -0.185. The lowest BCUT2D eigenvalue weighted by Crippen LogP contribution is -2.48. The molecule has 3 rings (SSSR count). The second-order valence-electron chi connectivity index (χ2n) is 8.30. The number of carbonyl (C=O) groups excluding carboxylic acids is 2. The fraction of sp³-hybridized carbons (Fsp3) is 0.417. The quantitative estimate of drug-likeness (QED) is 0.539. The number of halogens is 3. The van der Waals surface area contributed by atoms with Crippen LogP contribution in [0.1, 0.15) is 15.9 Å². The molecule has 1 saturated heterocycles. The molecule has 10 heteroatoms. The van der Waals surface area contributed by atoms with Gasteiger partial charge in [-0.1, -0.05) is 46.9 Å². The molecule has 0 radical (unpaired) electrons. The molecule has 0 spiro atoms. The Morgan fingerprint density at radius 3 is 2.44 bits per heavy atom. The second kappa shape index (κ2) is 12.6. The number of piperazine rings is 1. The molecule has 7 nitrogen and oxygen atoms in total. The van der Waals surface area contributed by atoms with Crippen molar-refractivity contribution < 1.29 is 14.3 Å². The van der Waals surface area contributed by atoms with E-state index < -0.39 is 0 Å². The first-order valence-corrected chi connectivity index (χ1v) is 12.2. The number of hydrogen-bond acceptors (Lipinski definition) is 5. The molecule has 0 aromatic heterocycles. The van der Waals surface area contributed by atoms with Gasteiger partial charge in [-0.05, 0) is 29.8 Å². The fourth-order valence-corrected chi connectivity index (χ4v) is 4.12. The second-order valence-corrected chi connectivity index (χ2v) is 9.53. The first kappa shape index (κ1) is 26.6.